The van der Waals surface area contributed by atoms with Crippen LogP contribution in [-0.4, -0.2) is 34.1 Å². The van der Waals surface area contributed by atoms with Gasteiger partial charge in [0.1, 0.15) is 5.65 Å². The molecule has 0 saturated heterocycles. The van der Waals surface area contributed by atoms with Gasteiger partial charge in [-0.05, 0) is 55.4 Å². The number of hydrogen-bond acceptors (Lipinski definition) is 3. The molecule has 29 heavy (non-hydrogen) atoms. The van der Waals surface area contributed by atoms with Crippen LogP contribution in [-0.2, 0) is 11.3 Å². The minimum Gasteiger partial charge on any atom is -0.363 e. The Morgan fingerprint density at radius 2 is 1.90 bits per heavy atom. The van der Waals surface area contributed by atoms with Crippen LogP contribution in [0, 0.1) is 18.8 Å². The van der Waals surface area contributed by atoms with E-state index in [1.807, 2.05) is 49.5 Å². The predicted octanol–water partition coefficient (Wildman–Crippen LogP) is 2.39. The summed E-state index contributed by atoms with van der Waals surface area (Å²) in [5.74, 6) is 5.18. The fraction of sp³-hybridized carbons (Fsp3) is 0.227. The number of carbonyl (C=O) groups is 1. The quantitative estimate of drug-likeness (QED) is 0.288. The largest absolute Gasteiger partial charge is 0.363 e. The summed E-state index contributed by atoms with van der Waals surface area (Å²) in [6.45, 7) is 3.83. The zero-order chi connectivity index (χ0) is 20.5. The van der Waals surface area contributed by atoms with E-state index in [4.69, 9.17) is 12.2 Å². The van der Waals surface area contributed by atoms with E-state index < -0.39 is 0 Å². The first kappa shape index (κ1) is 20.4. The normalized spacial score (nSPS) is 10.1. The van der Waals surface area contributed by atoms with Crippen LogP contribution in [0.15, 0.2) is 48.8 Å². The van der Waals surface area contributed by atoms with E-state index in [0.29, 0.717) is 24.7 Å². The number of nitrogens with zero attached hydrogens (tertiary/aromatic N) is 1. The van der Waals surface area contributed by atoms with Gasteiger partial charge in [0.25, 0.3) is 5.91 Å². The van der Waals surface area contributed by atoms with Gasteiger partial charge in [-0.1, -0.05) is 23.6 Å². The highest BCUT2D eigenvalue weighted by atomic mass is 32.1. The van der Waals surface area contributed by atoms with Crippen LogP contribution in [0.2, 0.25) is 0 Å². The van der Waals surface area contributed by atoms with Crippen LogP contribution in [0.25, 0.3) is 11.0 Å². The van der Waals surface area contributed by atoms with Crippen LogP contribution < -0.4 is 16.0 Å². The van der Waals surface area contributed by atoms with Gasteiger partial charge in [-0.25, -0.2) is 4.98 Å². The Balaban J connectivity index is 1.31. The minimum atomic E-state index is -0.278. The number of fused-ring (bicyclic) bond motifs is 1. The van der Waals surface area contributed by atoms with Crippen LogP contribution in [0.3, 0.4) is 0 Å². The summed E-state index contributed by atoms with van der Waals surface area (Å²) in [5.41, 5.74) is 3.98. The highest BCUT2D eigenvalue weighted by molar-refractivity contribution is 7.80. The molecule has 2 heterocycles. The Bertz CT molecular complexity index is 1050. The maximum Gasteiger partial charge on any atom is 0.296 e. The summed E-state index contributed by atoms with van der Waals surface area (Å²) >= 11 is 5.31. The molecule has 0 fully saturated rings. The number of aryl methyl sites for hydroxylation is 1. The van der Waals surface area contributed by atoms with Crippen molar-refractivity contribution >= 4 is 34.3 Å². The minimum absolute atomic E-state index is 0.278. The fourth-order valence-electron chi connectivity index (χ4n) is 2.71. The van der Waals surface area contributed by atoms with Crippen LogP contribution >= 0.6 is 12.2 Å². The molecule has 0 atom stereocenters. The Labute approximate surface area is 175 Å². The molecule has 0 radical (unpaired) electrons. The van der Waals surface area contributed by atoms with Crippen molar-refractivity contribution in [1.82, 2.24) is 25.9 Å². The van der Waals surface area contributed by atoms with E-state index in [-0.39, 0.29) is 5.91 Å². The molecule has 0 saturated carbocycles. The van der Waals surface area contributed by atoms with Crippen molar-refractivity contribution in [2.45, 2.75) is 19.9 Å². The molecule has 3 rings (SSSR count). The zero-order valence-corrected chi connectivity index (χ0v) is 17.0. The molecule has 0 bridgehead atoms. The average molecular weight is 406 g/mol. The Hall–Kier alpha value is -3.37. The SMILES string of the molecule is Cc1ccc(C#CC(=O)NCCCNC(=S)NCc2ccnc3[nH]ccc23)cc1. The summed E-state index contributed by atoms with van der Waals surface area (Å²) in [5, 5.41) is 10.8. The molecule has 0 spiro atoms. The second kappa shape index (κ2) is 10.2. The molecule has 1 amide bonds. The molecule has 2 aromatic heterocycles. The van der Waals surface area contributed by atoms with Gasteiger partial charge in [-0.2, -0.15) is 0 Å². The van der Waals surface area contributed by atoms with E-state index in [0.717, 1.165) is 28.6 Å². The lowest BCUT2D eigenvalue weighted by atomic mass is 10.1. The number of carbonyl (C=O) groups excluding carboxylic acids is 1. The number of hydrogen-bond donors (Lipinski definition) is 4. The van der Waals surface area contributed by atoms with Gasteiger partial charge >= 0.3 is 0 Å². The predicted molar refractivity (Wildman–Crippen MR) is 119 cm³/mol. The average Bonchev–Trinajstić information content (AvgIpc) is 3.21. The van der Waals surface area contributed by atoms with Crippen LogP contribution in [0.1, 0.15) is 23.1 Å². The molecule has 6 nitrogen and oxygen atoms in total. The molecule has 0 aliphatic rings. The lowest BCUT2D eigenvalue weighted by molar-refractivity contribution is -0.115. The highest BCUT2D eigenvalue weighted by Crippen LogP contribution is 2.14. The van der Waals surface area contributed by atoms with Gasteiger partial charge in [0.2, 0.25) is 0 Å². The van der Waals surface area contributed by atoms with Crippen molar-refractivity contribution in [3.63, 3.8) is 0 Å². The van der Waals surface area contributed by atoms with Gasteiger partial charge in [0.05, 0.1) is 0 Å². The number of pyridine rings is 1. The number of benzene rings is 1. The van der Waals surface area contributed by atoms with E-state index >= 15 is 0 Å². The molecular formula is C22H23N5OS. The first-order valence-electron chi connectivity index (χ1n) is 9.41. The molecule has 0 unspecified atom stereocenters. The number of thiocarbonyl (C=S) groups is 1. The van der Waals surface area contributed by atoms with Crippen molar-refractivity contribution < 1.29 is 4.79 Å². The van der Waals surface area contributed by atoms with E-state index in [9.17, 15) is 4.79 Å². The molecule has 3 aromatic rings. The van der Waals surface area contributed by atoms with Crippen molar-refractivity contribution in [3.05, 3.63) is 65.5 Å². The lowest BCUT2D eigenvalue weighted by Crippen LogP contribution is -2.36. The third kappa shape index (κ3) is 6.33. The maximum atomic E-state index is 11.8. The van der Waals surface area contributed by atoms with Gasteiger partial charge in [-0.3, -0.25) is 4.79 Å². The summed E-state index contributed by atoms with van der Waals surface area (Å²) in [6, 6.07) is 11.7. The lowest BCUT2D eigenvalue weighted by Gasteiger charge is -2.11. The van der Waals surface area contributed by atoms with Crippen molar-refractivity contribution in [2.24, 2.45) is 0 Å². The fourth-order valence-corrected chi connectivity index (χ4v) is 2.89. The number of amides is 1. The number of nitrogens with one attached hydrogen (secondary N) is 4. The zero-order valence-electron chi connectivity index (χ0n) is 16.2. The number of rotatable bonds is 6. The number of aromatic amines is 1. The Morgan fingerprint density at radius 3 is 2.72 bits per heavy atom. The summed E-state index contributed by atoms with van der Waals surface area (Å²) in [6.07, 6.45) is 4.39. The van der Waals surface area contributed by atoms with Crippen molar-refractivity contribution in [2.75, 3.05) is 13.1 Å². The van der Waals surface area contributed by atoms with Gasteiger partial charge in [-0.15, -0.1) is 0 Å². The maximum absolute atomic E-state index is 11.8. The van der Waals surface area contributed by atoms with Crippen LogP contribution in [0.5, 0.6) is 0 Å². The number of aromatic nitrogens is 2. The highest BCUT2D eigenvalue weighted by Gasteiger charge is 2.03. The second-order valence-corrected chi connectivity index (χ2v) is 6.95. The number of H-pyrrole nitrogens is 1. The van der Waals surface area contributed by atoms with Gasteiger partial charge in [0.15, 0.2) is 5.11 Å². The van der Waals surface area contributed by atoms with E-state index in [1.165, 1.54) is 5.56 Å². The Kier molecular flexibility index (Phi) is 7.20. The first-order chi connectivity index (χ1) is 14.1. The molecule has 0 aliphatic heterocycles. The second-order valence-electron chi connectivity index (χ2n) is 6.54. The van der Waals surface area contributed by atoms with Crippen molar-refractivity contribution in [1.29, 1.82) is 0 Å². The summed E-state index contributed by atoms with van der Waals surface area (Å²) in [4.78, 5) is 19.1. The molecule has 4 N–H and O–H groups in total. The third-order valence-corrected chi connectivity index (χ3v) is 4.58. The molecule has 148 valence electrons. The Morgan fingerprint density at radius 1 is 1.10 bits per heavy atom. The molecule has 7 heteroatoms. The molecule has 0 aliphatic carbocycles. The molecular weight excluding hydrogens is 382 g/mol. The monoisotopic (exact) mass is 405 g/mol. The molecule has 1 aromatic carbocycles. The topological polar surface area (TPSA) is 81.8 Å². The van der Waals surface area contributed by atoms with Gasteiger partial charge < -0.3 is 20.9 Å². The van der Waals surface area contributed by atoms with Gasteiger partial charge in [0, 0.05) is 48.9 Å². The van der Waals surface area contributed by atoms with Crippen LogP contribution in [0.4, 0.5) is 0 Å². The third-order valence-electron chi connectivity index (χ3n) is 4.29. The van der Waals surface area contributed by atoms with E-state index in [2.05, 4.69) is 37.8 Å². The van der Waals surface area contributed by atoms with E-state index in [1.54, 1.807) is 6.20 Å². The summed E-state index contributed by atoms with van der Waals surface area (Å²) in [7, 11) is 0. The standard InChI is InChI=1S/C22H23N5OS/c1-16-3-5-17(6-4-16)7-8-20(28)23-11-2-12-26-22(29)27-15-18-9-13-24-21-19(18)10-14-25-21/h3-6,9-10,13-14H,2,11-12,15H2,1H3,(H,23,28)(H,24,25)(H2,26,27,29). The summed E-state index contributed by atoms with van der Waals surface area (Å²) < 4.78 is 0. The smallest absolute Gasteiger partial charge is 0.296 e. The first-order valence-corrected chi connectivity index (χ1v) is 9.82. The van der Waals surface area contributed by atoms with Crippen molar-refractivity contribution in [3.8, 4) is 11.8 Å².